The number of hydrogen-bond acceptors (Lipinski definition) is 10. The van der Waals surface area contributed by atoms with Gasteiger partial charge in [0.25, 0.3) is 5.56 Å². The van der Waals surface area contributed by atoms with Crippen LogP contribution >= 0.6 is 0 Å². The predicted octanol–water partition coefficient (Wildman–Crippen LogP) is 0.0380. The number of halogens is 3. The third-order valence-electron chi connectivity index (χ3n) is 5.96. The van der Waals surface area contributed by atoms with Crippen LogP contribution in [0.1, 0.15) is 10.4 Å². The molecular weight excluding hydrogens is 489 g/mol. The van der Waals surface area contributed by atoms with Crippen molar-refractivity contribution in [2.24, 2.45) is 14.1 Å². The van der Waals surface area contributed by atoms with Crippen molar-refractivity contribution in [3.05, 3.63) is 50.7 Å². The van der Waals surface area contributed by atoms with Crippen molar-refractivity contribution in [2.75, 3.05) is 43.3 Å². The van der Waals surface area contributed by atoms with Gasteiger partial charge in [0.1, 0.15) is 0 Å². The van der Waals surface area contributed by atoms with Crippen LogP contribution in [0.15, 0.2) is 33.9 Å². The molecular formula is C21H23F3N6O6. The van der Waals surface area contributed by atoms with Crippen molar-refractivity contribution in [2.45, 2.75) is 12.5 Å². The first-order chi connectivity index (χ1) is 17.0. The Bertz CT molecular complexity index is 1320. The number of hydrogen-bond donors (Lipinski definition) is 1. The Kier molecular flexibility index (Phi) is 6.53. The van der Waals surface area contributed by atoms with Gasteiger partial charge < -0.3 is 14.9 Å². The van der Waals surface area contributed by atoms with Gasteiger partial charge in [-0.3, -0.25) is 23.7 Å². The molecule has 2 aliphatic heterocycles. The molecule has 1 aromatic carbocycles. The second-order valence-corrected chi connectivity index (χ2v) is 8.09. The molecule has 3 heterocycles. The monoisotopic (exact) mass is 512 g/mol. The summed E-state index contributed by atoms with van der Waals surface area (Å²) < 4.78 is 46.4. The van der Waals surface area contributed by atoms with Crippen molar-refractivity contribution < 1.29 is 32.3 Å². The number of anilines is 3. The number of ether oxygens (including phenoxy) is 1. The second-order valence-electron chi connectivity index (χ2n) is 8.09. The van der Waals surface area contributed by atoms with Crippen molar-refractivity contribution in [1.29, 1.82) is 0 Å². The van der Waals surface area contributed by atoms with Crippen molar-refractivity contribution in [1.82, 2.24) is 19.4 Å². The average Bonchev–Trinajstić information content (AvgIpc) is 3.20. The number of benzene rings is 1. The minimum absolute atomic E-state index is 0.00554. The summed E-state index contributed by atoms with van der Waals surface area (Å²) in [6.45, 7) is 1.45. The van der Waals surface area contributed by atoms with E-state index in [0.717, 1.165) is 16.2 Å². The number of carbonyl (C=O) groups excluding carboxylic acids is 2. The Labute approximate surface area is 202 Å². The highest BCUT2D eigenvalue weighted by atomic mass is 19.4. The van der Waals surface area contributed by atoms with Crippen LogP contribution in [-0.2, 0) is 28.5 Å². The Morgan fingerprint density at radius 3 is 2.31 bits per heavy atom. The maximum atomic E-state index is 13.4. The normalized spacial score (nSPS) is 18.2. The maximum absolute atomic E-state index is 13.4. The third kappa shape index (κ3) is 4.09. The fraction of sp³-hybridized carbons (Fsp3) is 0.429. The van der Waals surface area contributed by atoms with Crippen LogP contribution in [0.4, 0.5) is 30.4 Å². The standard InChI is InChI=1S/C21H23F3N6O6/c1-26-15-14(16(31)27(2)20(26)34)29(13-7-5-4-6-12(13)17(32)35-3)19(28-10-8-25-9-11-28)30(15)36-18(33)21(22,23)24/h4-7,19,25H,8-11H2,1-3H3. The summed E-state index contributed by atoms with van der Waals surface area (Å²) in [6.07, 6.45) is -6.69. The molecule has 1 unspecified atom stereocenters. The van der Waals surface area contributed by atoms with E-state index in [-0.39, 0.29) is 35.8 Å². The quantitative estimate of drug-likeness (QED) is 0.563. The summed E-state index contributed by atoms with van der Waals surface area (Å²) in [4.78, 5) is 58.5. The lowest BCUT2D eigenvalue weighted by Crippen LogP contribution is -2.60. The molecule has 0 amide bonds. The van der Waals surface area contributed by atoms with Crippen LogP contribution in [0, 0.1) is 0 Å². The van der Waals surface area contributed by atoms with E-state index in [1.165, 1.54) is 31.1 Å². The Balaban J connectivity index is 2.04. The Morgan fingerprint density at radius 2 is 1.69 bits per heavy atom. The zero-order chi connectivity index (χ0) is 26.4. The van der Waals surface area contributed by atoms with E-state index >= 15 is 0 Å². The van der Waals surface area contributed by atoms with E-state index in [9.17, 15) is 32.3 Å². The van der Waals surface area contributed by atoms with E-state index in [1.54, 1.807) is 17.0 Å². The van der Waals surface area contributed by atoms with E-state index in [4.69, 9.17) is 9.57 Å². The predicted molar refractivity (Wildman–Crippen MR) is 120 cm³/mol. The molecule has 2 aromatic rings. The van der Waals surface area contributed by atoms with Gasteiger partial charge in [-0.05, 0) is 12.1 Å². The highest BCUT2D eigenvalue weighted by Crippen LogP contribution is 2.44. The fourth-order valence-electron chi connectivity index (χ4n) is 4.28. The first-order valence-electron chi connectivity index (χ1n) is 10.8. The number of nitrogens with zero attached hydrogens (tertiary/aromatic N) is 5. The molecule has 0 spiro atoms. The molecule has 36 heavy (non-hydrogen) atoms. The molecule has 1 fully saturated rings. The van der Waals surface area contributed by atoms with Crippen LogP contribution in [0.5, 0.6) is 0 Å². The van der Waals surface area contributed by atoms with Crippen molar-refractivity contribution in [3.8, 4) is 0 Å². The Hall–Kier alpha value is -3.85. The lowest BCUT2D eigenvalue weighted by Gasteiger charge is -2.41. The van der Waals surface area contributed by atoms with Gasteiger partial charge >= 0.3 is 23.8 Å². The van der Waals surface area contributed by atoms with Crippen molar-refractivity contribution >= 4 is 29.1 Å². The molecule has 1 saturated heterocycles. The minimum Gasteiger partial charge on any atom is -0.465 e. The van der Waals surface area contributed by atoms with E-state index in [0.29, 0.717) is 18.2 Å². The van der Waals surface area contributed by atoms with Crippen LogP contribution < -0.4 is 26.5 Å². The largest absolute Gasteiger partial charge is 0.493 e. The molecule has 0 bridgehead atoms. The minimum atomic E-state index is -5.36. The number of rotatable bonds is 4. The molecule has 0 aliphatic carbocycles. The lowest BCUT2D eigenvalue weighted by atomic mass is 10.1. The van der Waals surface area contributed by atoms with Gasteiger partial charge in [0.05, 0.1) is 18.4 Å². The number of piperazine rings is 1. The first-order valence-corrected chi connectivity index (χ1v) is 10.8. The zero-order valence-electron chi connectivity index (χ0n) is 19.5. The van der Waals surface area contributed by atoms with Crippen LogP contribution in [0.2, 0.25) is 0 Å². The van der Waals surface area contributed by atoms with Gasteiger partial charge in [0.2, 0.25) is 6.29 Å². The topological polar surface area (TPSA) is 118 Å². The molecule has 1 aromatic heterocycles. The number of alkyl halides is 3. The summed E-state index contributed by atoms with van der Waals surface area (Å²) in [5.41, 5.74) is -1.86. The molecule has 0 radical (unpaired) electrons. The number of methoxy groups -OCH3 is 1. The highest BCUT2D eigenvalue weighted by Gasteiger charge is 2.51. The maximum Gasteiger partial charge on any atom is 0.493 e. The SMILES string of the molecule is COC(=O)c1ccccc1N1c2c(n(C)c(=O)n(C)c2=O)N(OC(=O)C(F)(F)F)C1N1CCNCC1. The Morgan fingerprint density at radius 1 is 1.06 bits per heavy atom. The van der Waals surface area contributed by atoms with Gasteiger partial charge in [-0.2, -0.15) is 13.2 Å². The fourth-order valence-corrected chi connectivity index (χ4v) is 4.28. The van der Waals surface area contributed by atoms with E-state index in [2.05, 4.69) is 5.32 Å². The summed E-state index contributed by atoms with van der Waals surface area (Å²) in [5.74, 6) is -3.67. The smallest absolute Gasteiger partial charge is 0.465 e. The molecule has 4 rings (SSSR count). The number of fused-ring (bicyclic) bond motifs is 1. The molecule has 1 N–H and O–H groups in total. The van der Waals surface area contributed by atoms with Gasteiger partial charge in [0, 0.05) is 40.3 Å². The number of carbonyl (C=O) groups is 2. The summed E-state index contributed by atoms with van der Waals surface area (Å²) >= 11 is 0. The van der Waals surface area contributed by atoms with E-state index < -0.39 is 35.7 Å². The van der Waals surface area contributed by atoms with Crippen LogP contribution in [0.25, 0.3) is 0 Å². The molecule has 194 valence electrons. The molecule has 12 nitrogen and oxygen atoms in total. The number of nitrogens with one attached hydrogen (secondary N) is 1. The van der Waals surface area contributed by atoms with Gasteiger partial charge in [-0.15, -0.1) is 5.06 Å². The molecule has 1 atom stereocenters. The third-order valence-corrected chi connectivity index (χ3v) is 5.96. The first kappa shape index (κ1) is 25.2. The van der Waals surface area contributed by atoms with Crippen LogP contribution in [-0.4, -0.2) is 71.7 Å². The molecule has 2 aliphatic rings. The summed E-state index contributed by atoms with van der Waals surface area (Å²) in [7, 11) is 3.60. The molecule has 0 saturated carbocycles. The lowest BCUT2D eigenvalue weighted by molar-refractivity contribution is -0.203. The number of hydroxylamine groups is 1. The van der Waals surface area contributed by atoms with Gasteiger partial charge in [-0.25, -0.2) is 14.4 Å². The summed E-state index contributed by atoms with van der Waals surface area (Å²) in [5, 5.41) is 3.72. The van der Waals surface area contributed by atoms with Gasteiger partial charge in [0.15, 0.2) is 11.5 Å². The number of aromatic nitrogens is 2. The average molecular weight is 512 g/mol. The second kappa shape index (κ2) is 9.31. The molecule has 15 heteroatoms. The van der Waals surface area contributed by atoms with Crippen LogP contribution in [0.3, 0.4) is 0 Å². The van der Waals surface area contributed by atoms with E-state index in [1.807, 2.05) is 0 Å². The van der Waals surface area contributed by atoms with Gasteiger partial charge in [-0.1, -0.05) is 12.1 Å². The summed E-state index contributed by atoms with van der Waals surface area (Å²) in [6, 6.07) is 6.01. The number of para-hydroxylation sites is 1. The highest BCUT2D eigenvalue weighted by molar-refractivity contribution is 5.98. The number of esters is 1. The van der Waals surface area contributed by atoms with Crippen molar-refractivity contribution in [3.63, 3.8) is 0 Å². The zero-order valence-corrected chi connectivity index (χ0v) is 19.5.